The van der Waals surface area contributed by atoms with Crippen LogP contribution in [0.2, 0.25) is 0 Å². The average molecular weight is 703 g/mol. The standard InChI is InChI=1S/C33H40F6N6O2.ClH/c1-3-44(14-8-13-31(29(46)47)11-5-4-6-12-31)28-18-24-10-7-9-23(24)17-25(28)21-45(30-40-42-43(2)41-30)20-22-15-26(32(34,35)36)19-27(16-22)33(37,38)39;/h15-19H,3-14,20-21H2,1-2H3,(H,46,47);1H. The fourth-order valence-corrected chi connectivity index (χ4v) is 7.07. The fraction of sp³-hybridized carbons (Fsp3) is 0.576. The monoisotopic (exact) mass is 702 g/mol. The van der Waals surface area contributed by atoms with E-state index in [-0.39, 0.29) is 43.1 Å². The number of anilines is 2. The molecule has 8 nitrogen and oxygen atoms in total. The Morgan fingerprint density at radius 1 is 0.896 bits per heavy atom. The molecular formula is C33H41ClF6N6O2. The number of tetrazole rings is 1. The summed E-state index contributed by atoms with van der Waals surface area (Å²) in [6, 6.07) is 5.77. The van der Waals surface area contributed by atoms with Gasteiger partial charge in [-0.2, -0.15) is 31.1 Å². The number of carboxylic acid groups (broad SMARTS) is 1. The maximum atomic E-state index is 13.7. The first-order valence-corrected chi connectivity index (χ1v) is 16.1. The molecule has 0 aliphatic heterocycles. The van der Waals surface area contributed by atoms with Gasteiger partial charge in [-0.1, -0.05) is 30.4 Å². The van der Waals surface area contributed by atoms with E-state index < -0.39 is 34.9 Å². The summed E-state index contributed by atoms with van der Waals surface area (Å²) >= 11 is 0. The van der Waals surface area contributed by atoms with E-state index >= 15 is 0 Å². The van der Waals surface area contributed by atoms with Crippen molar-refractivity contribution in [3.8, 4) is 0 Å². The summed E-state index contributed by atoms with van der Waals surface area (Å²) in [4.78, 5) is 17.2. The van der Waals surface area contributed by atoms with Gasteiger partial charge in [0.05, 0.1) is 23.6 Å². The van der Waals surface area contributed by atoms with Crippen LogP contribution in [0.15, 0.2) is 30.3 Å². The maximum absolute atomic E-state index is 13.7. The number of hydrogen-bond acceptors (Lipinski definition) is 6. The summed E-state index contributed by atoms with van der Waals surface area (Å²) in [5.74, 6) is -0.678. The van der Waals surface area contributed by atoms with Gasteiger partial charge < -0.3 is 14.9 Å². The summed E-state index contributed by atoms with van der Waals surface area (Å²) in [5, 5.41) is 22.2. The second kappa shape index (κ2) is 14.9. The minimum absolute atomic E-state index is 0. The van der Waals surface area contributed by atoms with Crippen LogP contribution in [0.1, 0.15) is 91.7 Å². The molecule has 0 bridgehead atoms. The highest BCUT2D eigenvalue weighted by Crippen LogP contribution is 2.41. The van der Waals surface area contributed by atoms with Crippen molar-refractivity contribution in [1.29, 1.82) is 0 Å². The van der Waals surface area contributed by atoms with Gasteiger partial charge in [-0.05, 0) is 104 Å². The van der Waals surface area contributed by atoms with Crippen molar-refractivity contribution in [1.82, 2.24) is 20.2 Å². The summed E-state index contributed by atoms with van der Waals surface area (Å²) < 4.78 is 82.1. The van der Waals surface area contributed by atoms with Gasteiger partial charge in [-0.3, -0.25) is 4.79 Å². The number of hydrogen-bond donors (Lipinski definition) is 1. The summed E-state index contributed by atoms with van der Waals surface area (Å²) in [6.07, 6.45) is -1.78. The molecule has 1 fully saturated rings. The molecule has 0 atom stereocenters. The lowest BCUT2D eigenvalue weighted by Gasteiger charge is -2.34. The van der Waals surface area contributed by atoms with Gasteiger partial charge in [0.25, 0.3) is 5.95 Å². The third-order valence-electron chi connectivity index (χ3n) is 9.53. The average Bonchev–Trinajstić information content (AvgIpc) is 3.66. The van der Waals surface area contributed by atoms with Crippen molar-refractivity contribution in [2.24, 2.45) is 12.5 Å². The Balaban J connectivity index is 0.00000520. The molecular weight excluding hydrogens is 662 g/mol. The van der Waals surface area contributed by atoms with Crippen LogP contribution in [0.25, 0.3) is 0 Å². The van der Waals surface area contributed by atoms with Gasteiger partial charge in [-0.15, -0.1) is 17.5 Å². The van der Waals surface area contributed by atoms with E-state index in [1.165, 1.54) is 22.3 Å². The van der Waals surface area contributed by atoms with Crippen molar-refractivity contribution in [2.45, 2.75) is 96.6 Å². The zero-order valence-corrected chi connectivity index (χ0v) is 27.8. The second-order valence-electron chi connectivity index (χ2n) is 12.8. The number of fused-ring (bicyclic) bond motifs is 1. The normalized spacial score (nSPS) is 15.9. The summed E-state index contributed by atoms with van der Waals surface area (Å²) in [7, 11) is 1.52. The number of carboxylic acids is 1. The molecule has 0 spiro atoms. The van der Waals surface area contributed by atoms with E-state index in [0.717, 1.165) is 67.5 Å². The Morgan fingerprint density at radius 3 is 2.06 bits per heavy atom. The lowest BCUT2D eigenvalue weighted by molar-refractivity contribution is -0.151. The van der Waals surface area contributed by atoms with Gasteiger partial charge in [0, 0.05) is 31.9 Å². The van der Waals surface area contributed by atoms with E-state index in [9.17, 15) is 36.2 Å². The van der Waals surface area contributed by atoms with Gasteiger partial charge >= 0.3 is 18.3 Å². The highest BCUT2D eigenvalue weighted by atomic mass is 35.5. The molecule has 48 heavy (non-hydrogen) atoms. The van der Waals surface area contributed by atoms with Crippen LogP contribution in [-0.2, 0) is 50.1 Å². The third-order valence-corrected chi connectivity index (χ3v) is 9.53. The van der Waals surface area contributed by atoms with Gasteiger partial charge in [0.15, 0.2) is 0 Å². The predicted octanol–water partition coefficient (Wildman–Crippen LogP) is 8.01. The topological polar surface area (TPSA) is 87.4 Å². The molecule has 0 unspecified atom stereocenters. The fourth-order valence-electron chi connectivity index (χ4n) is 7.07. The molecule has 1 heterocycles. The molecule has 15 heteroatoms. The molecule has 2 aromatic carbocycles. The molecule has 1 aromatic heterocycles. The first-order chi connectivity index (χ1) is 22.2. The lowest BCUT2D eigenvalue weighted by Crippen LogP contribution is -2.35. The summed E-state index contributed by atoms with van der Waals surface area (Å²) in [6.45, 7) is 3.00. The number of rotatable bonds is 12. The number of alkyl halides is 6. The molecule has 1 N–H and O–H groups in total. The second-order valence-corrected chi connectivity index (χ2v) is 12.8. The van der Waals surface area contributed by atoms with Crippen LogP contribution < -0.4 is 9.80 Å². The number of benzene rings is 2. The van der Waals surface area contributed by atoms with Gasteiger partial charge in [0.1, 0.15) is 0 Å². The highest BCUT2D eigenvalue weighted by molar-refractivity contribution is 5.85. The first kappa shape index (κ1) is 37.3. The Bertz CT molecular complexity index is 1540. The quantitative estimate of drug-likeness (QED) is 0.191. The molecule has 5 rings (SSSR count). The molecule has 2 aliphatic rings. The maximum Gasteiger partial charge on any atom is 0.416 e. The highest BCUT2D eigenvalue weighted by Gasteiger charge is 2.39. The van der Waals surface area contributed by atoms with Crippen LogP contribution in [0.5, 0.6) is 0 Å². The molecule has 1 saturated carbocycles. The first-order valence-electron chi connectivity index (χ1n) is 16.1. The lowest BCUT2D eigenvalue weighted by atomic mass is 9.71. The predicted molar refractivity (Wildman–Crippen MR) is 171 cm³/mol. The van der Waals surface area contributed by atoms with Crippen molar-refractivity contribution >= 4 is 30.0 Å². The van der Waals surface area contributed by atoms with Crippen LogP contribution in [0.3, 0.4) is 0 Å². The zero-order valence-electron chi connectivity index (χ0n) is 27.0. The van der Waals surface area contributed by atoms with E-state index in [1.54, 1.807) is 0 Å². The molecule has 0 amide bonds. The van der Waals surface area contributed by atoms with Crippen LogP contribution in [0.4, 0.5) is 38.0 Å². The van der Waals surface area contributed by atoms with E-state index in [4.69, 9.17) is 0 Å². The zero-order chi connectivity index (χ0) is 34.0. The number of nitrogens with zero attached hydrogens (tertiary/aromatic N) is 6. The molecule has 3 aromatic rings. The number of carbonyl (C=O) groups is 1. The van der Waals surface area contributed by atoms with Crippen molar-refractivity contribution in [3.63, 3.8) is 0 Å². The SMILES string of the molecule is CCN(CCCC1(C(=O)O)CCCCC1)c1cc2c(cc1CN(Cc1cc(C(F)(F)F)cc(C(F)(F)F)c1)c1nnn(C)n1)CCC2.Cl. The minimum atomic E-state index is -4.97. The van der Waals surface area contributed by atoms with Crippen LogP contribution in [-0.4, -0.2) is 44.4 Å². The number of aromatic nitrogens is 4. The van der Waals surface area contributed by atoms with Gasteiger partial charge in [0.2, 0.25) is 0 Å². The van der Waals surface area contributed by atoms with Crippen LogP contribution in [0, 0.1) is 5.41 Å². The number of aliphatic carboxylic acids is 1. The summed E-state index contributed by atoms with van der Waals surface area (Å²) in [5.41, 5.74) is 0.395. The van der Waals surface area contributed by atoms with E-state index in [0.29, 0.717) is 38.8 Å². The third kappa shape index (κ3) is 8.53. The van der Waals surface area contributed by atoms with Crippen molar-refractivity contribution in [3.05, 3.63) is 63.7 Å². The Hall–Kier alpha value is -3.55. The van der Waals surface area contributed by atoms with E-state index in [1.807, 2.05) is 6.92 Å². The molecule has 0 saturated heterocycles. The van der Waals surface area contributed by atoms with Crippen molar-refractivity contribution in [2.75, 3.05) is 22.9 Å². The Kier molecular flexibility index (Phi) is 11.6. The van der Waals surface area contributed by atoms with E-state index in [2.05, 4.69) is 32.4 Å². The van der Waals surface area contributed by atoms with Crippen molar-refractivity contribution < 1.29 is 36.2 Å². The largest absolute Gasteiger partial charge is 0.481 e. The Morgan fingerprint density at radius 2 is 1.52 bits per heavy atom. The molecule has 2 aliphatic carbocycles. The smallest absolute Gasteiger partial charge is 0.416 e. The van der Waals surface area contributed by atoms with Gasteiger partial charge in [-0.25, -0.2) is 0 Å². The number of halogens is 7. The Labute approximate surface area is 281 Å². The molecule has 264 valence electrons. The van der Waals surface area contributed by atoms with Crippen LogP contribution >= 0.6 is 12.4 Å². The number of aryl methyl sites for hydroxylation is 3. The minimum Gasteiger partial charge on any atom is -0.481 e. The molecule has 0 radical (unpaired) electrons.